The first-order valence-corrected chi connectivity index (χ1v) is 6.16. The lowest BCUT2D eigenvalue weighted by atomic mass is 10.0. The van der Waals surface area contributed by atoms with Gasteiger partial charge in [0.25, 0.3) is 0 Å². The molecule has 2 aromatic carbocycles. The van der Waals surface area contributed by atoms with Crippen molar-refractivity contribution in [3.8, 4) is 16.9 Å². The van der Waals surface area contributed by atoms with Gasteiger partial charge in [0.15, 0.2) is 6.29 Å². The summed E-state index contributed by atoms with van der Waals surface area (Å²) < 4.78 is 5.48. The summed E-state index contributed by atoms with van der Waals surface area (Å²) in [5.41, 5.74) is 3.85. The van der Waals surface area contributed by atoms with E-state index >= 15 is 0 Å². The van der Waals surface area contributed by atoms with Crippen LogP contribution in [0.5, 0.6) is 5.75 Å². The highest BCUT2D eigenvalue weighted by Gasteiger charge is 2.13. The number of hydrogen-bond acceptors (Lipinski definition) is 2. The van der Waals surface area contributed by atoms with E-state index < -0.39 is 0 Å². The molecule has 0 fully saturated rings. The molecule has 0 saturated carbocycles. The third kappa shape index (κ3) is 1.89. The van der Waals surface area contributed by atoms with Crippen molar-refractivity contribution in [2.75, 3.05) is 6.61 Å². The first kappa shape index (κ1) is 11.3. The third-order valence-electron chi connectivity index (χ3n) is 3.15. The molecular formula is C15H11ClO2. The molecule has 90 valence electrons. The van der Waals surface area contributed by atoms with Gasteiger partial charge in [0.05, 0.1) is 11.6 Å². The zero-order valence-electron chi connectivity index (χ0n) is 9.65. The van der Waals surface area contributed by atoms with Gasteiger partial charge in [-0.3, -0.25) is 4.79 Å². The highest BCUT2D eigenvalue weighted by molar-refractivity contribution is 6.33. The Balaban J connectivity index is 2.04. The first-order chi connectivity index (χ1) is 8.78. The van der Waals surface area contributed by atoms with Crippen LogP contribution in [-0.2, 0) is 6.42 Å². The molecule has 2 nitrogen and oxygen atoms in total. The fourth-order valence-corrected chi connectivity index (χ4v) is 2.39. The van der Waals surface area contributed by atoms with Crippen molar-refractivity contribution in [2.24, 2.45) is 0 Å². The predicted molar refractivity (Wildman–Crippen MR) is 71.5 cm³/mol. The van der Waals surface area contributed by atoms with Crippen LogP contribution in [0, 0.1) is 0 Å². The normalized spacial score (nSPS) is 12.9. The first-order valence-electron chi connectivity index (χ1n) is 5.79. The summed E-state index contributed by atoms with van der Waals surface area (Å²) in [6.07, 6.45) is 1.71. The second-order valence-electron chi connectivity index (χ2n) is 4.28. The van der Waals surface area contributed by atoms with E-state index in [4.69, 9.17) is 16.3 Å². The van der Waals surface area contributed by atoms with Crippen molar-refractivity contribution in [1.29, 1.82) is 0 Å². The Hall–Kier alpha value is -1.80. The largest absolute Gasteiger partial charge is 0.493 e. The van der Waals surface area contributed by atoms with Crippen molar-refractivity contribution in [3.63, 3.8) is 0 Å². The molecule has 0 N–H and O–H groups in total. The minimum absolute atomic E-state index is 0.485. The van der Waals surface area contributed by atoms with Crippen LogP contribution in [0.25, 0.3) is 11.1 Å². The highest BCUT2D eigenvalue weighted by Crippen LogP contribution is 2.31. The Morgan fingerprint density at radius 2 is 1.89 bits per heavy atom. The van der Waals surface area contributed by atoms with Crippen LogP contribution in [0.1, 0.15) is 15.9 Å². The van der Waals surface area contributed by atoms with Gasteiger partial charge >= 0.3 is 0 Å². The average Bonchev–Trinajstić information content (AvgIpc) is 2.85. The van der Waals surface area contributed by atoms with Gasteiger partial charge in [0.2, 0.25) is 0 Å². The van der Waals surface area contributed by atoms with E-state index in [0.717, 1.165) is 36.2 Å². The predicted octanol–water partition coefficient (Wildman–Crippen LogP) is 3.75. The number of carbonyl (C=O) groups is 1. The van der Waals surface area contributed by atoms with E-state index in [1.54, 1.807) is 6.07 Å². The molecule has 1 heterocycles. The van der Waals surface area contributed by atoms with Crippen LogP contribution in [0.4, 0.5) is 0 Å². The quantitative estimate of drug-likeness (QED) is 0.767. The Kier molecular flexibility index (Phi) is 2.80. The smallest absolute Gasteiger partial charge is 0.151 e. The van der Waals surface area contributed by atoms with Crippen molar-refractivity contribution < 1.29 is 9.53 Å². The van der Waals surface area contributed by atoms with Gasteiger partial charge in [-0.1, -0.05) is 23.7 Å². The van der Waals surface area contributed by atoms with E-state index in [9.17, 15) is 4.79 Å². The number of fused-ring (bicyclic) bond motifs is 1. The molecular weight excluding hydrogens is 248 g/mol. The maximum atomic E-state index is 10.7. The lowest BCUT2D eigenvalue weighted by Crippen LogP contribution is -1.85. The number of benzene rings is 2. The summed E-state index contributed by atoms with van der Waals surface area (Å²) in [4.78, 5) is 10.7. The second kappa shape index (κ2) is 4.46. The highest BCUT2D eigenvalue weighted by atomic mass is 35.5. The number of aldehydes is 1. The zero-order valence-corrected chi connectivity index (χ0v) is 10.4. The lowest BCUT2D eigenvalue weighted by molar-refractivity contribution is 0.112. The topological polar surface area (TPSA) is 26.3 Å². The fourth-order valence-electron chi connectivity index (χ4n) is 2.17. The van der Waals surface area contributed by atoms with Gasteiger partial charge in [-0.15, -0.1) is 0 Å². The van der Waals surface area contributed by atoms with E-state index in [0.29, 0.717) is 10.6 Å². The van der Waals surface area contributed by atoms with Crippen molar-refractivity contribution >= 4 is 17.9 Å². The molecule has 18 heavy (non-hydrogen) atoms. The molecule has 0 bridgehead atoms. The molecule has 0 unspecified atom stereocenters. The summed E-state index contributed by atoms with van der Waals surface area (Å²) in [5, 5.41) is 0.485. The number of hydrogen-bond donors (Lipinski definition) is 0. The maximum Gasteiger partial charge on any atom is 0.151 e. The van der Waals surface area contributed by atoms with Crippen LogP contribution in [0.15, 0.2) is 36.4 Å². The van der Waals surface area contributed by atoms with Crippen molar-refractivity contribution in [3.05, 3.63) is 52.5 Å². The SMILES string of the molecule is O=Cc1ccc(-c2ccc3c(c2)CCO3)cc1Cl. The molecule has 0 radical (unpaired) electrons. The molecule has 1 aliphatic heterocycles. The van der Waals surface area contributed by atoms with Crippen molar-refractivity contribution in [1.82, 2.24) is 0 Å². The standard InChI is InChI=1S/C15H11ClO2/c16-14-8-11(1-2-13(14)9-17)10-3-4-15-12(7-10)5-6-18-15/h1-4,7-9H,5-6H2. The molecule has 3 rings (SSSR count). The fraction of sp³-hybridized carbons (Fsp3) is 0.133. The minimum Gasteiger partial charge on any atom is -0.493 e. The monoisotopic (exact) mass is 258 g/mol. The van der Waals surface area contributed by atoms with Gasteiger partial charge < -0.3 is 4.74 Å². The average molecular weight is 259 g/mol. The van der Waals surface area contributed by atoms with Gasteiger partial charge in [0.1, 0.15) is 5.75 Å². The summed E-state index contributed by atoms with van der Waals surface area (Å²) in [6, 6.07) is 11.6. The van der Waals surface area contributed by atoms with Gasteiger partial charge in [-0.25, -0.2) is 0 Å². The number of ether oxygens (including phenoxy) is 1. The van der Waals surface area contributed by atoms with E-state index in [1.165, 1.54) is 5.56 Å². The summed E-state index contributed by atoms with van der Waals surface area (Å²) in [5.74, 6) is 0.967. The Morgan fingerprint density at radius 3 is 2.67 bits per heavy atom. The minimum atomic E-state index is 0.485. The van der Waals surface area contributed by atoms with E-state index in [-0.39, 0.29) is 0 Å². The van der Waals surface area contributed by atoms with Gasteiger partial charge in [0, 0.05) is 12.0 Å². The Morgan fingerprint density at radius 1 is 1.11 bits per heavy atom. The van der Waals surface area contributed by atoms with Crippen LogP contribution < -0.4 is 4.74 Å². The summed E-state index contributed by atoms with van der Waals surface area (Å²) in [6.45, 7) is 0.754. The molecule has 0 spiro atoms. The molecule has 2 aromatic rings. The zero-order chi connectivity index (χ0) is 12.5. The van der Waals surface area contributed by atoms with Crippen LogP contribution in [0.3, 0.4) is 0 Å². The molecule has 0 saturated heterocycles. The molecule has 0 atom stereocenters. The lowest BCUT2D eigenvalue weighted by Gasteiger charge is -2.06. The van der Waals surface area contributed by atoms with E-state index in [2.05, 4.69) is 6.07 Å². The molecule has 0 aliphatic carbocycles. The number of rotatable bonds is 2. The van der Waals surface area contributed by atoms with E-state index in [1.807, 2.05) is 24.3 Å². The summed E-state index contributed by atoms with van der Waals surface area (Å²) in [7, 11) is 0. The van der Waals surface area contributed by atoms with Crippen LogP contribution in [0.2, 0.25) is 5.02 Å². The maximum absolute atomic E-state index is 10.7. The third-order valence-corrected chi connectivity index (χ3v) is 3.48. The summed E-state index contributed by atoms with van der Waals surface area (Å²) >= 11 is 6.04. The second-order valence-corrected chi connectivity index (χ2v) is 4.68. The van der Waals surface area contributed by atoms with Gasteiger partial charge in [-0.2, -0.15) is 0 Å². The Labute approximate surface area is 110 Å². The van der Waals surface area contributed by atoms with Crippen LogP contribution in [-0.4, -0.2) is 12.9 Å². The molecule has 1 aliphatic rings. The number of carbonyl (C=O) groups excluding carboxylic acids is 1. The van der Waals surface area contributed by atoms with Gasteiger partial charge in [-0.05, 0) is 41.0 Å². The van der Waals surface area contributed by atoms with Crippen LogP contribution >= 0.6 is 11.6 Å². The Bertz CT molecular complexity index is 620. The molecule has 3 heteroatoms. The molecule has 0 aromatic heterocycles. The van der Waals surface area contributed by atoms with Crippen molar-refractivity contribution in [2.45, 2.75) is 6.42 Å². The number of halogens is 1. The molecule has 0 amide bonds.